The van der Waals surface area contributed by atoms with E-state index in [0.29, 0.717) is 23.6 Å². The summed E-state index contributed by atoms with van der Waals surface area (Å²) in [7, 11) is 1.62. The third-order valence-corrected chi connectivity index (χ3v) is 5.78. The summed E-state index contributed by atoms with van der Waals surface area (Å²) in [5, 5.41) is 0. The van der Waals surface area contributed by atoms with Crippen molar-refractivity contribution in [2.75, 3.05) is 7.11 Å². The summed E-state index contributed by atoms with van der Waals surface area (Å²) in [6.45, 7) is 8.51. The minimum Gasteiger partial charge on any atom is -0.481 e. The molecule has 2 aromatic heterocycles. The summed E-state index contributed by atoms with van der Waals surface area (Å²) in [6.07, 6.45) is 3.07. The zero-order chi connectivity index (χ0) is 25.0. The van der Waals surface area contributed by atoms with E-state index in [9.17, 15) is 4.79 Å². The van der Waals surface area contributed by atoms with Crippen LogP contribution in [0, 0.1) is 0 Å². The van der Waals surface area contributed by atoms with Crippen molar-refractivity contribution < 1.29 is 14.3 Å². The number of carbonyl (C=O) groups excluding carboxylic acids is 1. The van der Waals surface area contributed by atoms with Crippen LogP contribution in [0.5, 0.6) is 5.88 Å². The minimum atomic E-state index is -0.546. The van der Waals surface area contributed by atoms with Gasteiger partial charge in [0.1, 0.15) is 11.4 Å². The molecule has 0 N–H and O–H groups in total. The predicted molar refractivity (Wildman–Crippen MR) is 139 cm³/mol. The van der Waals surface area contributed by atoms with E-state index >= 15 is 0 Å². The number of aromatic nitrogens is 3. The lowest BCUT2D eigenvalue weighted by atomic mass is 9.98. The van der Waals surface area contributed by atoms with E-state index < -0.39 is 5.60 Å². The van der Waals surface area contributed by atoms with Gasteiger partial charge in [0.2, 0.25) is 5.88 Å². The summed E-state index contributed by atoms with van der Waals surface area (Å²) in [6, 6.07) is 19.8. The highest BCUT2D eigenvalue weighted by Gasteiger charge is 2.21. The van der Waals surface area contributed by atoms with Crippen molar-refractivity contribution in [1.29, 1.82) is 0 Å². The Labute approximate surface area is 206 Å². The number of nitrogens with zero attached hydrogens (tertiary/aromatic N) is 3. The molecule has 35 heavy (non-hydrogen) atoms. The number of ether oxygens (including phenoxy) is 2. The summed E-state index contributed by atoms with van der Waals surface area (Å²) in [4.78, 5) is 22.1. The van der Waals surface area contributed by atoms with Crippen LogP contribution < -0.4 is 4.74 Å². The quantitative estimate of drug-likeness (QED) is 0.276. The van der Waals surface area contributed by atoms with Crippen molar-refractivity contribution in [3.8, 4) is 17.0 Å². The molecule has 6 heteroatoms. The van der Waals surface area contributed by atoms with Crippen molar-refractivity contribution in [2.45, 2.75) is 59.1 Å². The first-order valence-corrected chi connectivity index (χ1v) is 12.1. The molecule has 0 aliphatic rings. The molecule has 0 saturated heterocycles. The Morgan fingerprint density at radius 3 is 2.40 bits per heavy atom. The highest BCUT2D eigenvalue weighted by atomic mass is 16.6. The highest BCUT2D eigenvalue weighted by molar-refractivity contribution is 5.97. The number of imidazole rings is 1. The first-order chi connectivity index (χ1) is 16.8. The van der Waals surface area contributed by atoms with Gasteiger partial charge in [0.05, 0.1) is 18.2 Å². The molecule has 0 saturated carbocycles. The highest BCUT2D eigenvalue weighted by Crippen LogP contribution is 2.27. The standard InChI is InChI=1S/C29H33N3O3/c1-6-7-12-25-30-27-24(17-18-26(31-27)34-5)32(25)19-20-13-15-21(16-14-20)22-10-8-9-11-23(22)28(33)35-29(2,3)4/h8-11,13-18H,6-7,12,19H2,1-5H3. The maximum absolute atomic E-state index is 12.8. The van der Waals surface area contributed by atoms with Gasteiger partial charge in [0.25, 0.3) is 0 Å². The van der Waals surface area contributed by atoms with Crippen molar-refractivity contribution in [3.05, 3.63) is 77.6 Å². The molecular formula is C29H33N3O3. The Balaban J connectivity index is 1.63. The van der Waals surface area contributed by atoms with E-state index in [0.717, 1.165) is 47.3 Å². The molecule has 0 atom stereocenters. The second-order valence-electron chi connectivity index (χ2n) is 9.66. The van der Waals surface area contributed by atoms with Crippen LogP contribution in [0.1, 0.15) is 62.3 Å². The topological polar surface area (TPSA) is 66.2 Å². The summed E-state index contributed by atoms with van der Waals surface area (Å²) in [5.41, 5.74) is 4.71. The number of hydrogen-bond acceptors (Lipinski definition) is 5. The Morgan fingerprint density at radius 1 is 0.971 bits per heavy atom. The van der Waals surface area contributed by atoms with E-state index in [4.69, 9.17) is 14.5 Å². The molecule has 4 aromatic rings. The van der Waals surface area contributed by atoms with E-state index in [2.05, 4.69) is 40.7 Å². The molecular weight excluding hydrogens is 438 g/mol. The fourth-order valence-electron chi connectivity index (χ4n) is 4.07. The van der Waals surface area contributed by atoms with Crippen molar-refractivity contribution >= 4 is 17.1 Å². The van der Waals surface area contributed by atoms with Gasteiger partial charge in [0.15, 0.2) is 5.65 Å². The Kier molecular flexibility index (Phi) is 7.20. The predicted octanol–water partition coefficient (Wildman–Crippen LogP) is 6.45. The number of methoxy groups -OCH3 is 1. The normalized spacial score (nSPS) is 11.6. The van der Waals surface area contributed by atoms with E-state index in [1.807, 2.05) is 57.2 Å². The number of benzene rings is 2. The summed E-state index contributed by atoms with van der Waals surface area (Å²) >= 11 is 0. The van der Waals surface area contributed by atoms with Gasteiger partial charge in [-0.2, -0.15) is 4.98 Å². The summed E-state index contributed by atoms with van der Waals surface area (Å²) in [5.74, 6) is 1.28. The lowest BCUT2D eigenvalue weighted by Crippen LogP contribution is -2.24. The fraction of sp³-hybridized carbons (Fsp3) is 0.345. The maximum Gasteiger partial charge on any atom is 0.339 e. The van der Waals surface area contributed by atoms with Crippen LogP contribution in [0.15, 0.2) is 60.7 Å². The van der Waals surface area contributed by atoms with Crippen molar-refractivity contribution in [3.63, 3.8) is 0 Å². The largest absolute Gasteiger partial charge is 0.481 e. The monoisotopic (exact) mass is 471 g/mol. The molecule has 0 amide bonds. The molecule has 0 aliphatic heterocycles. The molecule has 0 spiro atoms. The lowest BCUT2D eigenvalue weighted by Gasteiger charge is -2.20. The minimum absolute atomic E-state index is 0.314. The SMILES string of the molecule is CCCCc1nc2nc(OC)ccc2n1Cc1ccc(-c2ccccc2C(=O)OC(C)(C)C)cc1. The second kappa shape index (κ2) is 10.3. The molecule has 0 fully saturated rings. The average molecular weight is 472 g/mol. The lowest BCUT2D eigenvalue weighted by molar-refractivity contribution is 0.00704. The van der Waals surface area contributed by atoms with Crippen LogP contribution in [0.3, 0.4) is 0 Å². The smallest absolute Gasteiger partial charge is 0.339 e. The van der Waals surface area contributed by atoms with Gasteiger partial charge >= 0.3 is 5.97 Å². The fourth-order valence-corrected chi connectivity index (χ4v) is 4.07. The van der Waals surface area contributed by atoms with Crippen LogP contribution in [-0.2, 0) is 17.7 Å². The number of unbranched alkanes of at least 4 members (excludes halogenated alkanes) is 1. The van der Waals surface area contributed by atoms with Gasteiger partial charge in [-0.25, -0.2) is 9.78 Å². The van der Waals surface area contributed by atoms with Crippen molar-refractivity contribution in [1.82, 2.24) is 14.5 Å². The van der Waals surface area contributed by atoms with Crippen LogP contribution in [-0.4, -0.2) is 33.2 Å². The Hall–Kier alpha value is -3.67. The average Bonchev–Trinajstić information content (AvgIpc) is 3.18. The van der Waals surface area contributed by atoms with Gasteiger partial charge in [-0.1, -0.05) is 55.8 Å². The van der Waals surface area contributed by atoms with E-state index in [-0.39, 0.29) is 5.97 Å². The molecule has 0 radical (unpaired) electrons. The maximum atomic E-state index is 12.8. The molecule has 4 rings (SSSR count). The number of aryl methyl sites for hydroxylation is 1. The van der Waals surface area contributed by atoms with Crippen LogP contribution in [0.4, 0.5) is 0 Å². The molecule has 2 aromatic carbocycles. The zero-order valence-corrected chi connectivity index (χ0v) is 21.2. The number of hydrogen-bond donors (Lipinski definition) is 0. The Morgan fingerprint density at radius 2 is 1.71 bits per heavy atom. The first kappa shape index (κ1) is 24.5. The van der Waals surface area contributed by atoms with E-state index in [1.54, 1.807) is 7.11 Å². The first-order valence-electron chi connectivity index (χ1n) is 12.1. The van der Waals surface area contributed by atoms with E-state index in [1.165, 1.54) is 0 Å². The van der Waals surface area contributed by atoms with Crippen LogP contribution in [0.25, 0.3) is 22.3 Å². The summed E-state index contributed by atoms with van der Waals surface area (Å²) < 4.78 is 13.1. The number of esters is 1. The molecule has 182 valence electrons. The second-order valence-corrected chi connectivity index (χ2v) is 9.66. The van der Waals surface area contributed by atoms with Crippen molar-refractivity contribution in [2.24, 2.45) is 0 Å². The number of rotatable bonds is 8. The zero-order valence-electron chi connectivity index (χ0n) is 21.2. The van der Waals surface area contributed by atoms with Crippen LogP contribution in [0.2, 0.25) is 0 Å². The number of fused-ring (bicyclic) bond motifs is 1. The van der Waals surface area contributed by atoms with Gasteiger partial charge in [-0.05, 0) is 56.0 Å². The number of pyridine rings is 1. The third kappa shape index (κ3) is 5.70. The van der Waals surface area contributed by atoms with Gasteiger partial charge in [0, 0.05) is 19.0 Å². The molecule has 0 aliphatic carbocycles. The molecule has 0 bridgehead atoms. The van der Waals surface area contributed by atoms with Gasteiger partial charge in [-0.3, -0.25) is 0 Å². The Bertz CT molecular complexity index is 1320. The third-order valence-electron chi connectivity index (χ3n) is 5.78. The molecule has 2 heterocycles. The van der Waals surface area contributed by atoms with Crippen LogP contribution >= 0.6 is 0 Å². The van der Waals surface area contributed by atoms with Gasteiger partial charge in [-0.15, -0.1) is 0 Å². The molecule has 0 unspecified atom stereocenters. The number of carbonyl (C=O) groups is 1. The van der Waals surface area contributed by atoms with Gasteiger partial charge < -0.3 is 14.0 Å². The molecule has 6 nitrogen and oxygen atoms in total.